The maximum absolute atomic E-state index is 8.73. The minimum Gasteiger partial charge on any atom is -0.193 e. The number of hydrogen-bond donors (Lipinski definition) is 0. The maximum atomic E-state index is 8.73. The van der Waals surface area contributed by atoms with Gasteiger partial charge < -0.3 is 0 Å². The first-order chi connectivity index (χ1) is 6.90. The minimum absolute atomic E-state index is 0.619. The number of rotatable bonds is 1. The summed E-state index contributed by atoms with van der Waals surface area (Å²) in [6, 6.07) is 12.8. The Balaban J connectivity index is 2.11. The van der Waals surface area contributed by atoms with Crippen molar-refractivity contribution in [1.82, 2.24) is 0 Å². The molecule has 14 heavy (non-hydrogen) atoms. The zero-order valence-electron chi connectivity index (χ0n) is 8.11. The summed E-state index contributed by atoms with van der Waals surface area (Å²) in [7, 11) is 0. The molecule has 0 bridgehead atoms. The molecule has 1 atom stereocenters. The van der Waals surface area contributed by atoms with Gasteiger partial charge in [-0.05, 0) is 30.7 Å². The Morgan fingerprint density at radius 3 is 2.57 bits per heavy atom. The first-order valence-electron chi connectivity index (χ1n) is 5.04. The smallest absolute Gasteiger partial charge is 0.0943 e. The highest BCUT2D eigenvalue weighted by atomic mass is 14.3. The molecular formula is C13H13N. The summed E-state index contributed by atoms with van der Waals surface area (Å²) in [5.74, 6) is 0.619. The molecule has 70 valence electrons. The summed E-state index contributed by atoms with van der Waals surface area (Å²) in [5, 5.41) is 8.73. The topological polar surface area (TPSA) is 23.8 Å². The SMILES string of the molecule is N#CC1=CC[C@@H](c2ccccc2)CC1. The number of nitrogens with zero attached hydrogens (tertiary/aromatic N) is 1. The molecule has 0 aliphatic heterocycles. The molecule has 1 aromatic carbocycles. The molecule has 0 saturated heterocycles. The third kappa shape index (κ3) is 1.85. The van der Waals surface area contributed by atoms with Gasteiger partial charge in [0.15, 0.2) is 0 Å². The highest BCUT2D eigenvalue weighted by Crippen LogP contribution is 2.31. The van der Waals surface area contributed by atoms with Crippen LogP contribution in [0.2, 0.25) is 0 Å². The fourth-order valence-electron chi connectivity index (χ4n) is 1.96. The van der Waals surface area contributed by atoms with Gasteiger partial charge in [-0.25, -0.2) is 0 Å². The molecule has 1 aliphatic carbocycles. The van der Waals surface area contributed by atoms with Gasteiger partial charge in [0.05, 0.1) is 6.07 Å². The third-order valence-corrected chi connectivity index (χ3v) is 2.83. The summed E-state index contributed by atoms with van der Waals surface area (Å²) >= 11 is 0. The largest absolute Gasteiger partial charge is 0.193 e. The third-order valence-electron chi connectivity index (χ3n) is 2.83. The monoisotopic (exact) mass is 183 g/mol. The number of nitriles is 1. The van der Waals surface area contributed by atoms with Crippen molar-refractivity contribution < 1.29 is 0 Å². The average molecular weight is 183 g/mol. The number of benzene rings is 1. The van der Waals surface area contributed by atoms with Crippen molar-refractivity contribution in [2.24, 2.45) is 0 Å². The predicted octanol–water partition coefficient (Wildman–Crippen LogP) is 3.40. The molecule has 0 N–H and O–H groups in total. The van der Waals surface area contributed by atoms with E-state index in [-0.39, 0.29) is 0 Å². The van der Waals surface area contributed by atoms with Gasteiger partial charge in [0, 0.05) is 5.57 Å². The predicted molar refractivity (Wildman–Crippen MR) is 56.7 cm³/mol. The molecule has 2 rings (SSSR count). The van der Waals surface area contributed by atoms with Crippen LogP contribution in [0, 0.1) is 11.3 Å². The summed E-state index contributed by atoms with van der Waals surface area (Å²) in [6.07, 6.45) is 5.16. The van der Waals surface area contributed by atoms with Gasteiger partial charge in [-0.2, -0.15) is 5.26 Å². The van der Waals surface area contributed by atoms with E-state index in [4.69, 9.17) is 5.26 Å². The second kappa shape index (κ2) is 4.11. The molecule has 1 aliphatic rings. The van der Waals surface area contributed by atoms with Crippen LogP contribution < -0.4 is 0 Å². The Kier molecular flexibility index (Phi) is 2.65. The quantitative estimate of drug-likeness (QED) is 0.654. The lowest BCUT2D eigenvalue weighted by Gasteiger charge is -2.19. The Morgan fingerprint density at radius 1 is 1.21 bits per heavy atom. The van der Waals surface area contributed by atoms with Crippen molar-refractivity contribution in [3.63, 3.8) is 0 Å². The van der Waals surface area contributed by atoms with Gasteiger partial charge in [-0.1, -0.05) is 36.4 Å². The molecule has 1 nitrogen and oxygen atoms in total. The molecule has 0 radical (unpaired) electrons. The lowest BCUT2D eigenvalue weighted by molar-refractivity contribution is 0.607. The highest BCUT2D eigenvalue weighted by Gasteiger charge is 2.15. The highest BCUT2D eigenvalue weighted by molar-refractivity contribution is 5.28. The van der Waals surface area contributed by atoms with E-state index in [0.717, 1.165) is 24.8 Å². The number of hydrogen-bond acceptors (Lipinski definition) is 1. The van der Waals surface area contributed by atoms with Gasteiger partial charge >= 0.3 is 0 Å². The Labute approximate surface area is 84.7 Å². The Bertz CT molecular complexity index is 370. The fourth-order valence-corrected chi connectivity index (χ4v) is 1.96. The standard InChI is InChI=1S/C13H13N/c14-10-11-6-8-13(9-7-11)12-4-2-1-3-5-12/h1-6,13H,7-9H2/t13-/m1/s1. The van der Waals surface area contributed by atoms with Crippen molar-refractivity contribution in [1.29, 1.82) is 5.26 Å². The van der Waals surface area contributed by atoms with Crippen LogP contribution in [0.15, 0.2) is 42.0 Å². The van der Waals surface area contributed by atoms with E-state index in [1.807, 2.05) is 6.07 Å². The molecule has 0 amide bonds. The molecule has 0 fully saturated rings. The molecule has 1 heteroatoms. The van der Waals surface area contributed by atoms with Gasteiger partial charge in [0.2, 0.25) is 0 Å². The van der Waals surface area contributed by atoms with E-state index in [1.54, 1.807) is 0 Å². The van der Waals surface area contributed by atoms with Crippen LogP contribution in [-0.2, 0) is 0 Å². The van der Waals surface area contributed by atoms with Crippen LogP contribution in [0.4, 0.5) is 0 Å². The summed E-state index contributed by atoms with van der Waals surface area (Å²) in [4.78, 5) is 0. The molecule has 1 aromatic rings. The van der Waals surface area contributed by atoms with Gasteiger partial charge in [0.25, 0.3) is 0 Å². The molecule has 0 aromatic heterocycles. The Hall–Kier alpha value is -1.55. The van der Waals surface area contributed by atoms with E-state index in [9.17, 15) is 0 Å². The molecule has 0 unspecified atom stereocenters. The van der Waals surface area contributed by atoms with E-state index in [0.29, 0.717) is 5.92 Å². The van der Waals surface area contributed by atoms with Crippen LogP contribution in [0.5, 0.6) is 0 Å². The maximum Gasteiger partial charge on any atom is 0.0943 e. The lowest BCUT2D eigenvalue weighted by Crippen LogP contribution is -2.03. The average Bonchev–Trinajstić information content (AvgIpc) is 2.30. The first kappa shape index (κ1) is 9.02. The van der Waals surface area contributed by atoms with Gasteiger partial charge in [-0.15, -0.1) is 0 Å². The normalized spacial score (nSPS) is 21.1. The van der Waals surface area contributed by atoms with Crippen LogP contribution in [-0.4, -0.2) is 0 Å². The van der Waals surface area contributed by atoms with E-state index < -0.39 is 0 Å². The number of allylic oxidation sites excluding steroid dienone is 2. The first-order valence-corrected chi connectivity index (χ1v) is 5.04. The second-order valence-corrected chi connectivity index (χ2v) is 3.72. The molecule has 0 spiro atoms. The molecule has 0 saturated carbocycles. The van der Waals surface area contributed by atoms with Gasteiger partial charge in [0.1, 0.15) is 0 Å². The lowest BCUT2D eigenvalue weighted by atomic mass is 9.85. The van der Waals surface area contributed by atoms with Crippen LogP contribution in [0.1, 0.15) is 30.7 Å². The van der Waals surface area contributed by atoms with Crippen molar-refractivity contribution in [3.05, 3.63) is 47.5 Å². The minimum atomic E-state index is 0.619. The van der Waals surface area contributed by atoms with E-state index in [2.05, 4.69) is 36.4 Å². The van der Waals surface area contributed by atoms with Crippen molar-refractivity contribution in [2.75, 3.05) is 0 Å². The zero-order chi connectivity index (χ0) is 9.80. The van der Waals surface area contributed by atoms with Crippen LogP contribution in [0.25, 0.3) is 0 Å². The zero-order valence-corrected chi connectivity index (χ0v) is 8.11. The fraction of sp³-hybridized carbons (Fsp3) is 0.308. The van der Waals surface area contributed by atoms with E-state index in [1.165, 1.54) is 5.56 Å². The van der Waals surface area contributed by atoms with Crippen molar-refractivity contribution >= 4 is 0 Å². The molecule has 0 heterocycles. The summed E-state index contributed by atoms with van der Waals surface area (Å²) in [5.41, 5.74) is 2.36. The van der Waals surface area contributed by atoms with Crippen molar-refractivity contribution in [3.8, 4) is 6.07 Å². The van der Waals surface area contributed by atoms with Gasteiger partial charge in [-0.3, -0.25) is 0 Å². The van der Waals surface area contributed by atoms with Crippen molar-refractivity contribution in [2.45, 2.75) is 25.2 Å². The van der Waals surface area contributed by atoms with E-state index >= 15 is 0 Å². The second-order valence-electron chi connectivity index (χ2n) is 3.72. The Morgan fingerprint density at radius 2 is 2.00 bits per heavy atom. The summed E-state index contributed by atoms with van der Waals surface area (Å²) < 4.78 is 0. The van der Waals surface area contributed by atoms with Crippen LogP contribution >= 0.6 is 0 Å². The molecular weight excluding hydrogens is 170 g/mol. The van der Waals surface area contributed by atoms with Crippen LogP contribution in [0.3, 0.4) is 0 Å². The summed E-state index contributed by atoms with van der Waals surface area (Å²) in [6.45, 7) is 0.